The van der Waals surface area contributed by atoms with Crippen LogP contribution in [0.2, 0.25) is 0 Å². The second-order valence-electron chi connectivity index (χ2n) is 4.27. The van der Waals surface area contributed by atoms with Crippen molar-refractivity contribution in [2.75, 3.05) is 6.54 Å². The van der Waals surface area contributed by atoms with Crippen LogP contribution in [-0.4, -0.2) is 33.0 Å². The Morgan fingerprint density at radius 1 is 1.46 bits per heavy atom. The minimum Gasteiger partial charge on any atom is -0.367 e. The molecule has 0 saturated carbocycles. The van der Waals surface area contributed by atoms with E-state index in [0.29, 0.717) is 6.04 Å². The minimum absolute atomic E-state index is 0.132. The van der Waals surface area contributed by atoms with Crippen molar-refractivity contribution in [2.45, 2.75) is 38.3 Å². The molecule has 2 nitrogen and oxygen atoms in total. The summed E-state index contributed by atoms with van der Waals surface area (Å²) >= 11 is 10.8. The van der Waals surface area contributed by atoms with Gasteiger partial charge in [0.15, 0.2) is 0 Å². The van der Waals surface area contributed by atoms with Gasteiger partial charge in [0, 0.05) is 6.54 Å². The summed E-state index contributed by atoms with van der Waals surface area (Å²) in [5.74, 6) is 0. The highest BCUT2D eigenvalue weighted by molar-refractivity contribution is 7.81. The fourth-order valence-electron chi connectivity index (χ4n) is 2.09. The van der Waals surface area contributed by atoms with Crippen LogP contribution in [0.1, 0.15) is 26.7 Å². The molecule has 2 rings (SSSR count). The maximum atomic E-state index is 5.44. The van der Waals surface area contributed by atoms with Crippen LogP contribution in [0.3, 0.4) is 0 Å². The summed E-state index contributed by atoms with van der Waals surface area (Å²) in [4.78, 5) is 4.27. The zero-order chi connectivity index (χ0) is 9.64. The molecule has 0 aliphatic carbocycles. The van der Waals surface area contributed by atoms with Crippen molar-refractivity contribution in [2.24, 2.45) is 0 Å². The van der Waals surface area contributed by atoms with E-state index >= 15 is 0 Å². The lowest BCUT2D eigenvalue weighted by Gasteiger charge is -2.43. The molecule has 4 heteroatoms. The van der Waals surface area contributed by atoms with Crippen molar-refractivity contribution in [1.29, 1.82) is 0 Å². The van der Waals surface area contributed by atoms with Gasteiger partial charge < -0.3 is 10.2 Å². The molecule has 13 heavy (non-hydrogen) atoms. The Morgan fingerprint density at radius 3 is 2.85 bits per heavy atom. The van der Waals surface area contributed by atoms with Crippen molar-refractivity contribution in [3.63, 3.8) is 0 Å². The van der Waals surface area contributed by atoms with E-state index in [1.807, 2.05) is 0 Å². The first-order valence-corrected chi connectivity index (χ1v) is 5.47. The van der Waals surface area contributed by atoms with Crippen LogP contribution in [0.25, 0.3) is 0 Å². The van der Waals surface area contributed by atoms with Crippen LogP contribution in [0, 0.1) is 0 Å². The summed E-state index contributed by atoms with van der Waals surface area (Å²) in [5, 5.41) is 3.33. The third-order valence-corrected chi connectivity index (χ3v) is 3.91. The molecule has 0 aromatic rings. The maximum Gasteiger partial charge on any atom is 0.104 e. The maximum absolute atomic E-state index is 5.44. The molecule has 0 radical (unpaired) electrons. The van der Waals surface area contributed by atoms with Crippen molar-refractivity contribution >= 4 is 34.4 Å². The standard InChI is InChI=1S/C9H14N2S2/c1-9(2)8(13)11-5-3-4-6(11)7(12)10-9/h6H,3-5H2,1-2H3,(H,10,12)/t6-/m0/s1. The van der Waals surface area contributed by atoms with Crippen LogP contribution in [0.4, 0.5) is 0 Å². The molecule has 2 aliphatic heterocycles. The number of rotatable bonds is 0. The van der Waals surface area contributed by atoms with Gasteiger partial charge >= 0.3 is 0 Å². The first kappa shape index (κ1) is 9.34. The molecule has 1 atom stereocenters. The average Bonchev–Trinajstić information content (AvgIpc) is 2.47. The Kier molecular flexibility index (Phi) is 2.07. The Hall–Kier alpha value is -0.220. The molecule has 0 aromatic carbocycles. The van der Waals surface area contributed by atoms with E-state index in [1.54, 1.807) is 0 Å². The number of hydrogen-bond donors (Lipinski definition) is 1. The van der Waals surface area contributed by atoms with E-state index < -0.39 is 0 Å². The molecular formula is C9H14N2S2. The topological polar surface area (TPSA) is 15.3 Å². The predicted octanol–water partition coefficient (Wildman–Crippen LogP) is 1.49. The van der Waals surface area contributed by atoms with E-state index in [9.17, 15) is 0 Å². The average molecular weight is 214 g/mol. The summed E-state index contributed by atoms with van der Waals surface area (Å²) in [6, 6.07) is 0.385. The van der Waals surface area contributed by atoms with Gasteiger partial charge in [0.1, 0.15) is 4.99 Å². The van der Waals surface area contributed by atoms with Gasteiger partial charge in [-0.1, -0.05) is 24.4 Å². The summed E-state index contributed by atoms with van der Waals surface area (Å²) in [5.41, 5.74) is -0.132. The van der Waals surface area contributed by atoms with Crippen molar-refractivity contribution < 1.29 is 0 Å². The quantitative estimate of drug-likeness (QED) is 0.614. The second kappa shape index (κ2) is 2.89. The third kappa shape index (κ3) is 1.36. The molecule has 1 N–H and O–H groups in total. The molecule has 2 saturated heterocycles. The Balaban J connectivity index is 2.30. The number of piperazine rings is 1. The third-order valence-electron chi connectivity index (χ3n) is 2.79. The zero-order valence-corrected chi connectivity index (χ0v) is 9.60. The Morgan fingerprint density at radius 2 is 2.15 bits per heavy atom. The zero-order valence-electron chi connectivity index (χ0n) is 7.96. The van der Waals surface area contributed by atoms with Crippen LogP contribution >= 0.6 is 24.4 Å². The highest BCUT2D eigenvalue weighted by atomic mass is 32.1. The normalized spacial score (nSPS) is 31.5. The van der Waals surface area contributed by atoms with E-state index in [2.05, 4.69) is 24.1 Å². The number of nitrogens with zero attached hydrogens (tertiary/aromatic N) is 1. The van der Waals surface area contributed by atoms with E-state index in [-0.39, 0.29) is 5.54 Å². The highest BCUT2D eigenvalue weighted by Crippen LogP contribution is 2.27. The Bertz CT molecular complexity index is 273. The monoisotopic (exact) mass is 214 g/mol. The van der Waals surface area contributed by atoms with E-state index in [1.165, 1.54) is 6.42 Å². The van der Waals surface area contributed by atoms with Gasteiger partial charge in [-0.3, -0.25) is 0 Å². The molecule has 2 heterocycles. The first-order chi connectivity index (χ1) is 6.02. The predicted molar refractivity (Wildman–Crippen MR) is 62.1 cm³/mol. The smallest absolute Gasteiger partial charge is 0.104 e. The fraction of sp³-hybridized carbons (Fsp3) is 0.778. The van der Waals surface area contributed by atoms with Gasteiger partial charge in [0.25, 0.3) is 0 Å². The molecule has 0 aromatic heterocycles. The molecular weight excluding hydrogens is 200 g/mol. The molecule has 0 unspecified atom stereocenters. The van der Waals surface area contributed by atoms with Gasteiger partial charge in [-0.05, 0) is 26.7 Å². The fourth-order valence-corrected chi connectivity index (χ4v) is 2.86. The lowest BCUT2D eigenvalue weighted by Crippen LogP contribution is -2.64. The van der Waals surface area contributed by atoms with E-state index in [4.69, 9.17) is 24.4 Å². The van der Waals surface area contributed by atoms with Crippen LogP contribution in [0.5, 0.6) is 0 Å². The highest BCUT2D eigenvalue weighted by Gasteiger charge is 2.42. The number of fused-ring (bicyclic) bond motifs is 1. The molecule has 2 fully saturated rings. The van der Waals surface area contributed by atoms with Crippen LogP contribution in [0.15, 0.2) is 0 Å². The van der Waals surface area contributed by atoms with Crippen molar-refractivity contribution in [3.8, 4) is 0 Å². The minimum atomic E-state index is -0.132. The molecule has 72 valence electrons. The number of nitrogens with one attached hydrogen (secondary N) is 1. The Labute approximate surface area is 89.7 Å². The summed E-state index contributed by atoms with van der Waals surface area (Å²) in [6.07, 6.45) is 2.37. The SMILES string of the molecule is CC1(C)NC(=S)[C@@H]2CCCN2C1=S. The molecule has 0 amide bonds. The first-order valence-electron chi connectivity index (χ1n) is 4.65. The number of thiocarbonyl (C=S) groups is 2. The largest absolute Gasteiger partial charge is 0.367 e. The lowest BCUT2D eigenvalue weighted by molar-refractivity contribution is 0.390. The lowest BCUT2D eigenvalue weighted by atomic mass is 9.99. The summed E-state index contributed by atoms with van der Waals surface area (Å²) in [7, 11) is 0. The van der Waals surface area contributed by atoms with Crippen LogP contribution in [-0.2, 0) is 0 Å². The van der Waals surface area contributed by atoms with Gasteiger partial charge in [0.05, 0.1) is 16.6 Å². The van der Waals surface area contributed by atoms with Gasteiger partial charge in [-0.25, -0.2) is 0 Å². The van der Waals surface area contributed by atoms with E-state index in [0.717, 1.165) is 22.9 Å². The van der Waals surface area contributed by atoms with Gasteiger partial charge in [-0.15, -0.1) is 0 Å². The second-order valence-corrected chi connectivity index (χ2v) is 5.10. The summed E-state index contributed by atoms with van der Waals surface area (Å²) in [6.45, 7) is 5.26. The molecule has 0 spiro atoms. The van der Waals surface area contributed by atoms with Crippen molar-refractivity contribution in [1.82, 2.24) is 10.2 Å². The van der Waals surface area contributed by atoms with Crippen LogP contribution < -0.4 is 5.32 Å². The van der Waals surface area contributed by atoms with Gasteiger partial charge in [0.2, 0.25) is 0 Å². The van der Waals surface area contributed by atoms with Crippen molar-refractivity contribution in [3.05, 3.63) is 0 Å². The summed E-state index contributed by atoms with van der Waals surface area (Å²) < 4.78 is 0. The molecule has 2 aliphatic rings. The molecule has 0 bridgehead atoms. The number of hydrogen-bond acceptors (Lipinski definition) is 2. The van der Waals surface area contributed by atoms with Gasteiger partial charge in [-0.2, -0.15) is 0 Å².